The largest absolute Gasteiger partial charge is 0.321 e. The quantitative estimate of drug-likeness (QED) is 0.790. The number of hydrogen-bond acceptors (Lipinski definition) is 2. The van der Waals surface area contributed by atoms with Crippen LogP contribution >= 0.6 is 15.9 Å². The second-order valence-corrected chi connectivity index (χ2v) is 5.64. The van der Waals surface area contributed by atoms with Crippen molar-refractivity contribution in [1.29, 1.82) is 5.26 Å². The SMILES string of the molecule is Cc1ccc(Br)c(C(=O)N(CC#N)Cc2ccccc2)c1. The standard InChI is InChI=1S/C17H15BrN2O/c1-13-7-8-16(18)15(11-13)17(21)20(10-9-19)12-14-5-3-2-4-6-14/h2-8,11H,10,12H2,1H3. The van der Waals surface area contributed by atoms with Gasteiger partial charge in [0.1, 0.15) is 6.54 Å². The van der Waals surface area contributed by atoms with Gasteiger partial charge < -0.3 is 4.90 Å². The van der Waals surface area contributed by atoms with Crippen LogP contribution in [0, 0.1) is 18.3 Å². The monoisotopic (exact) mass is 342 g/mol. The van der Waals surface area contributed by atoms with Crippen LogP contribution in [0.25, 0.3) is 0 Å². The molecule has 2 rings (SSSR count). The number of carbonyl (C=O) groups is 1. The number of halogens is 1. The van der Waals surface area contributed by atoms with E-state index in [4.69, 9.17) is 5.26 Å². The summed E-state index contributed by atoms with van der Waals surface area (Å²) in [7, 11) is 0. The Morgan fingerprint density at radius 1 is 1.24 bits per heavy atom. The average Bonchev–Trinajstić information content (AvgIpc) is 2.49. The van der Waals surface area contributed by atoms with Crippen molar-refractivity contribution in [2.24, 2.45) is 0 Å². The number of benzene rings is 2. The Labute approximate surface area is 132 Å². The molecule has 2 aromatic carbocycles. The van der Waals surface area contributed by atoms with E-state index in [0.29, 0.717) is 12.1 Å². The highest BCUT2D eigenvalue weighted by molar-refractivity contribution is 9.10. The van der Waals surface area contributed by atoms with Crippen molar-refractivity contribution in [1.82, 2.24) is 4.90 Å². The number of nitriles is 1. The first-order chi connectivity index (χ1) is 10.1. The van der Waals surface area contributed by atoms with E-state index in [1.54, 1.807) is 4.90 Å². The van der Waals surface area contributed by atoms with Crippen LogP contribution in [0.5, 0.6) is 0 Å². The molecule has 0 spiro atoms. The predicted octanol–water partition coefficient (Wildman–Crippen LogP) is 3.92. The van der Waals surface area contributed by atoms with Gasteiger partial charge in [0.15, 0.2) is 0 Å². The average molecular weight is 343 g/mol. The van der Waals surface area contributed by atoms with Gasteiger partial charge in [-0.3, -0.25) is 4.79 Å². The Bertz CT molecular complexity index is 677. The number of amides is 1. The third-order valence-electron chi connectivity index (χ3n) is 3.12. The van der Waals surface area contributed by atoms with Crippen molar-refractivity contribution in [3.63, 3.8) is 0 Å². The number of nitrogens with zero attached hydrogens (tertiary/aromatic N) is 2. The molecule has 0 N–H and O–H groups in total. The van der Waals surface area contributed by atoms with Crippen LogP contribution < -0.4 is 0 Å². The van der Waals surface area contributed by atoms with Gasteiger partial charge in [0.2, 0.25) is 0 Å². The molecular weight excluding hydrogens is 328 g/mol. The molecule has 0 heterocycles. The van der Waals surface area contributed by atoms with Crippen LogP contribution in [0.3, 0.4) is 0 Å². The highest BCUT2D eigenvalue weighted by atomic mass is 79.9. The predicted molar refractivity (Wildman–Crippen MR) is 85.7 cm³/mol. The summed E-state index contributed by atoms with van der Waals surface area (Å²) in [4.78, 5) is 14.2. The number of hydrogen-bond donors (Lipinski definition) is 0. The van der Waals surface area contributed by atoms with Crippen LogP contribution in [0.1, 0.15) is 21.5 Å². The lowest BCUT2D eigenvalue weighted by molar-refractivity contribution is 0.0764. The van der Waals surface area contributed by atoms with Crippen LogP contribution in [0.4, 0.5) is 0 Å². The Morgan fingerprint density at radius 3 is 2.62 bits per heavy atom. The van der Waals surface area contributed by atoms with Gasteiger partial charge in [-0.2, -0.15) is 5.26 Å². The number of rotatable bonds is 4. The molecule has 0 aliphatic heterocycles. The molecule has 0 radical (unpaired) electrons. The maximum Gasteiger partial charge on any atom is 0.256 e. The lowest BCUT2D eigenvalue weighted by atomic mass is 10.1. The van der Waals surface area contributed by atoms with Crippen LogP contribution in [0.15, 0.2) is 53.0 Å². The van der Waals surface area contributed by atoms with Gasteiger partial charge in [0.05, 0.1) is 11.6 Å². The van der Waals surface area contributed by atoms with Gasteiger partial charge in [-0.05, 0) is 40.5 Å². The zero-order chi connectivity index (χ0) is 15.2. The Morgan fingerprint density at radius 2 is 1.95 bits per heavy atom. The van der Waals surface area contributed by atoms with E-state index < -0.39 is 0 Å². The molecule has 0 saturated carbocycles. The van der Waals surface area contributed by atoms with Gasteiger partial charge in [-0.15, -0.1) is 0 Å². The molecule has 0 bridgehead atoms. The van der Waals surface area contributed by atoms with E-state index in [1.807, 2.05) is 55.5 Å². The van der Waals surface area contributed by atoms with Crippen molar-refractivity contribution in [2.75, 3.05) is 6.54 Å². The Hall–Kier alpha value is -2.12. The summed E-state index contributed by atoms with van der Waals surface area (Å²) in [6.45, 7) is 2.43. The molecule has 0 fully saturated rings. The molecular formula is C17H15BrN2O. The third-order valence-corrected chi connectivity index (χ3v) is 3.81. The van der Waals surface area contributed by atoms with Gasteiger partial charge in [0, 0.05) is 11.0 Å². The lowest BCUT2D eigenvalue weighted by Gasteiger charge is -2.20. The van der Waals surface area contributed by atoms with Crippen molar-refractivity contribution >= 4 is 21.8 Å². The molecule has 2 aromatic rings. The zero-order valence-electron chi connectivity index (χ0n) is 11.7. The third kappa shape index (κ3) is 3.93. The van der Waals surface area contributed by atoms with Crippen LogP contribution in [-0.4, -0.2) is 17.4 Å². The summed E-state index contributed by atoms with van der Waals surface area (Å²) in [5, 5.41) is 8.98. The molecule has 0 unspecified atom stereocenters. The fraction of sp³-hybridized carbons (Fsp3) is 0.176. The first-order valence-electron chi connectivity index (χ1n) is 6.58. The van der Waals surface area contributed by atoms with Gasteiger partial charge in [0.25, 0.3) is 5.91 Å². The maximum absolute atomic E-state index is 12.7. The minimum Gasteiger partial charge on any atom is -0.321 e. The van der Waals surface area contributed by atoms with Crippen molar-refractivity contribution in [2.45, 2.75) is 13.5 Å². The first kappa shape index (κ1) is 15.3. The van der Waals surface area contributed by atoms with E-state index in [9.17, 15) is 4.79 Å². The lowest BCUT2D eigenvalue weighted by Crippen LogP contribution is -2.31. The normalized spacial score (nSPS) is 9.95. The summed E-state index contributed by atoms with van der Waals surface area (Å²) < 4.78 is 0.745. The minimum absolute atomic E-state index is 0.0636. The minimum atomic E-state index is -0.143. The molecule has 0 aliphatic rings. The van der Waals surface area contributed by atoms with E-state index in [2.05, 4.69) is 22.0 Å². The molecule has 4 heteroatoms. The van der Waals surface area contributed by atoms with E-state index in [-0.39, 0.29) is 12.5 Å². The first-order valence-corrected chi connectivity index (χ1v) is 7.37. The smallest absolute Gasteiger partial charge is 0.256 e. The van der Waals surface area contributed by atoms with Gasteiger partial charge in [-0.1, -0.05) is 42.0 Å². The second-order valence-electron chi connectivity index (χ2n) is 4.79. The van der Waals surface area contributed by atoms with Gasteiger partial charge >= 0.3 is 0 Å². The zero-order valence-corrected chi connectivity index (χ0v) is 13.3. The fourth-order valence-electron chi connectivity index (χ4n) is 2.06. The van der Waals surface area contributed by atoms with E-state index >= 15 is 0 Å². The summed E-state index contributed by atoms with van der Waals surface area (Å²) in [6, 6.07) is 17.4. The van der Waals surface area contributed by atoms with Crippen molar-refractivity contribution in [3.05, 3.63) is 69.7 Å². The summed E-state index contributed by atoms with van der Waals surface area (Å²) >= 11 is 3.41. The van der Waals surface area contributed by atoms with E-state index in [1.165, 1.54) is 0 Å². The van der Waals surface area contributed by atoms with Crippen LogP contribution in [0.2, 0.25) is 0 Å². The van der Waals surface area contributed by atoms with Gasteiger partial charge in [-0.25, -0.2) is 0 Å². The molecule has 21 heavy (non-hydrogen) atoms. The number of aryl methyl sites for hydroxylation is 1. The Kier molecular flexibility index (Phi) is 5.13. The van der Waals surface area contributed by atoms with E-state index in [0.717, 1.165) is 15.6 Å². The van der Waals surface area contributed by atoms with Crippen molar-refractivity contribution in [3.8, 4) is 6.07 Å². The molecule has 0 saturated heterocycles. The summed E-state index contributed by atoms with van der Waals surface area (Å²) in [6.07, 6.45) is 0. The highest BCUT2D eigenvalue weighted by Crippen LogP contribution is 2.20. The molecule has 3 nitrogen and oxygen atoms in total. The summed E-state index contributed by atoms with van der Waals surface area (Å²) in [5.74, 6) is -0.143. The molecule has 1 amide bonds. The Balaban J connectivity index is 2.27. The highest BCUT2D eigenvalue weighted by Gasteiger charge is 2.18. The number of carbonyl (C=O) groups excluding carboxylic acids is 1. The maximum atomic E-state index is 12.7. The van der Waals surface area contributed by atoms with Crippen molar-refractivity contribution < 1.29 is 4.79 Å². The van der Waals surface area contributed by atoms with Crippen LogP contribution in [-0.2, 0) is 6.54 Å². The molecule has 0 aromatic heterocycles. The second kappa shape index (κ2) is 7.05. The topological polar surface area (TPSA) is 44.1 Å². The fourth-order valence-corrected chi connectivity index (χ4v) is 2.48. The molecule has 0 atom stereocenters. The molecule has 0 aliphatic carbocycles. The molecule has 106 valence electrons. The summed E-state index contributed by atoms with van der Waals surface area (Å²) in [5.41, 5.74) is 2.60.